The molecule has 7 nitrogen and oxygen atoms in total. The second kappa shape index (κ2) is 7.27. The van der Waals surface area contributed by atoms with Crippen LogP contribution in [0.4, 0.5) is 0 Å². The first-order valence-electron chi connectivity index (χ1n) is 7.53. The second-order valence-corrected chi connectivity index (χ2v) is 6.23. The van der Waals surface area contributed by atoms with E-state index >= 15 is 0 Å². The van der Waals surface area contributed by atoms with Gasteiger partial charge < -0.3 is 15.0 Å². The predicted octanol–water partition coefficient (Wildman–Crippen LogP) is 1.85. The molecule has 8 heteroatoms. The largest absolute Gasteiger partial charge is 0.456 e. The van der Waals surface area contributed by atoms with Gasteiger partial charge in [0.2, 0.25) is 0 Å². The number of aromatic nitrogens is 2. The first kappa shape index (κ1) is 16.8. The van der Waals surface area contributed by atoms with E-state index in [1.165, 1.54) is 18.3 Å². The summed E-state index contributed by atoms with van der Waals surface area (Å²) in [6.07, 6.45) is 0. The van der Waals surface area contributed by atoms with Crippen molar-refractivity contribution in [1.82, 2.24) is 15.3 Å². The highest BCUT2D eigenvalue weighted by molar-refractivity contribution is 7.17. The minimum atomic E-state index is -0.829. The number of rotatable bonds is 5. The Hall–Kier alpha value is -3.00. The van der Waals surface area contributed by atoms with E-state index in [1.54, 1.807) is 41.8 Å². The van der Waals surface area contributed by atoms with E-state index in [2.05, 4.69) is 15.3 Å². The van der Waals surface area contributed by atoms with Crippen molar-refractivity contribution in [3.8, 4) is 0 Å². The van der Waals surface area contributed by atoms with Crippen LogP contribution in [0, 0.1) is 0 Å². The van der Waals surface area contributed by atoms with Gasteiger partial charge in [-0.05, 0) is 30.5 Å². The van der Waals surface area contributed by atoms with Crippen molar-refractivity contribution in [2.45, 2.75) is 19.6 Å². The molecule has 3 aromatic rings. The highest BCUT2D eigenvalue weighted by atomic mass is 32.1. The molecule has 0 aliphatic rings. The maximum atomic E-state index is 12.0. The summed E-state index contributed by atoms with van der Waals surface area (Å²) in [5.74, 6) is -0.723. The summed E-state index contributed by atoms with van der Waals surface area (Å²) in [5.41, 5.74) is 0.748. The lowest BCUT2D eigenvalue weighted by Gasteiger charge is -2.13. The van der Waals surface area contributed by atoms with Crippen LogP contribution in [-0.2, 0) is 16.1 Å². The van der Waals surface area contributed by atoms with Gasteiger partial charge in [-0.3, -0.25) is 9.59 Å². The number of thiophene rings is 1. The summed E-state index contributed by atoms with van der Waals surface area (Å²) in [7, 11) is 0. The average Bonchev–Trinajstić information content (AvgIpc) is 3.09. The third-order valence-electron chi connectivity index (χ3n) is 3.45. The molecule has 0 unspecified atom stereocenters. The van der Waals surface area contributed by atoms with E-state index in [0.29, 0.717) is 15.8 Å². The number of nitrogens with one attached hydrogen (secondary N) is 2. The van der Waals surface area contributed by atoms with Gasteiger partial charge in [0, 0.05) is 5.56 Å². The van der Waals surface area contributed by atoms with E-state index in [9.17, 15) is 14.4 Å². The smallest absolute Gasteiger partial charge is 0.328 e. The van der Waals surface area contributed by atoms with Crippen LogP contribution in [0.1, 0.15) is 23.1 Å². The van der Waals surface area contributed by atoms with Gasteiger partial charge in [-0.25, -0.2) is 9.78 Å². The molecule has 0 aliphatic carbocycles. The minimum absolute atomic E-state index is 0.175. The standard InChI is InChI=1S/C17H15N3O4S/c1-10(18-15(21)11-5-3-2-4-6-11)17(23)24-9-13-19-12-7-8-25-14(12)16(22)20-13/h2-8,10H,9H2,1H3,(H,18,21)(H,19,20,22)/t10-/m0/s1. The van der Waals surface area contributed by atoms with Gasteiger partial charge in [0.15, 0.2) is 0 Å². The Labute approximate surface area is 146 Å². The molecule has 0 spiro atoms. The summed E-state index contributed by atoms with van der Waals surface area (Å²) < 4.78 is 5.65. The Balaban J connectivity index is 1.59. The van der Waals surface area contributed by atoms with E-state index < -0.39 is 12.0 Å². The number of amides is 1. The number of H-pyrrole nitrogens is 1. The molecule has 2 aromatic heterocycles. The number of carbonyl (C=O) groups excluding carboxylic acids is 2. The maximum Gasteiger partial charge on any atom is 0.328 e. The van der Waals surface area contributed by atoms with Gasteiger partial charge in [0.1, 0.15) is 23.2 Å². The van der Waals surface area contributed by atoms with Crippen LogP contribution in [-0.4, -0.2) is 27.9 Å². The van der Waals surface area contributed by atoms with Crippen molar-refractivity contribution in [3.05, 3.63) is 63.5 Å². The molecule has 3 rings (SSSR count). The molecule has 0 bridgehead atoms. The predicted molar refractivity (Wildman–Crippen MR) is 93.4 cm³/mol. The summed E-state index contributed by atoms with van der Waals surface area (Å²) in [4.78, 5) is 42.7. The first-order valence-corrected chi connectivity index (χ1v) is 8.41. The zero-order valence-electron chi connectivity index (χ0n) is 13.3. The van der Waals surface area contributed by atoms with Gasteiger partial charge in [-0.1, -0.05) is 18.2 Å². The minimum Gasteiger partial charge on any atom is -0.456 e. The number of aromatic amines is 1. The molecule has 0 fully saturated rings. The number of hydrogen-bond acceptors (Lipinski definition) is 6. The molecule has 0 aliphatic heterocycles. The van der Waals surface area contributed by atoms with Gasteiger partial charge in [-0.15, -0.1) is 11.3 Å². The number of hydrogen-bond donors (Lipinski definition) is 2. The molecule has 2 N–H and O–H groups in total. The average molecular weight is 357 g/mol. The topological polar surface area (TPSA) is 101 Å². The van der Waals surface area contributed by atoms with Crippen molar-refractivity contribution < 1.29 is 14.3 Å². The van der Waals surface area contributed by atoms with Crippen molar-refractivity contribution in [3.63, 3.8) is 0 Å². The summed E-state index contributed by atoms with van der Waals surface area (Å²) in [6.45, 7) is 1.35. The molecule has 25 heavy (non-hydrogen) atoms. The first-order chi connectivity index (χ1) is 12.0. The Bertz CT molecular complexity index is 965. The molecule has 128 valence electrons. The third-order valence-corrected chi connectivity index (χ3v) is 4.35. The number of carbonyl (C=O) groups is 2. The lowest BCUT2D eigenvalue weighted by atomic mass is 10.2. The van der Waals surface area contributed by atoms with Crippen LogP contribution in [0.3, 0.4) is 0 Å². The molecule has 1 aromatic carbocycles. The quantitative estimate of drug-likeness (QED) is 0.679. The molecular weight excluding hydrogens is 342 g/mol. The van der Waals surface area contributed by atoms with Gasteiger partial charge in [0.25, 0.3) is 11.5 Å². The van der Waals surface area contributed by atoms with Crippen LogP contribution in [0.5, 0.6) is 0 Å². The fourth-order valence-corrected chi connectivity index (χ4v) is 2.91. The van der Waals surface area contributed by atoms with Gasteiger partial charge >= 0.3 is 5.97 Å². The van der Waals surface area contributed by atoms with Crippen LogP contribution >= 0.6 is 11.3 Å². The molecule has 2 heterocycles. The number of esters is 1. The third kappa shape index (κ3) is 3.92. The Kier molecular flexibility index (Phi) is 4.90. The normalized spacial score (nSPS) is 11.9. The van der Waals surface area contributed by atoms with Crippen LogP contribution in [0.2, 0.25) is 0 Å². The SMILES string of the molecule is C[C@H](NC(=O)c1ccccc1)C(=O)OCc1nc2ccsc2c(=O)[nH]1. The fourth-order valence-electron chi connectivity index (χ4n) is 2.18. The second-order valence-electron chi connectivity index (χ2n) is 5.32. The molecule has 0 saturated carbocycles. The van der Waals surface area contributed by atoms with Gasteiger partial charge in [-0.2, -0.15) is 0 Å². The Morgan fingerprint density at radius 2 is 2.04 bits per heavy atom. The number of benzene rings is 1. The van der Waals surface area contributed by atoms with Crippen molar-refractivity contribution >= 4 is 33.4 Å². The molecule has 1 amide bonds. The lowest BCUT2D eigenvalue weighted by molar-refractivity contribution is -0.147. The molecule has 1 atom stereocenters. The van der Waals surface area contributed by atoms with E-state index in [-0.39, 0.29) is 23.9 Å². The van der Waals surface area contributed by atoms with Crippen molar-refractivity contribution in [1.29, 1.82) is 0 Å². The zero-order chi connectivity index (χ0) is 17.8. The highest BCUT2D eigenvalue weighted by Gasteiger charge is 2.18. The lowest BCUT2D eigenvalue weighted by Crippen LogP contribution is -2.39. The Morgan fingerprint density at radius 3 is 2.80 bits per heavy atom. The summed E-state index contributed by atoms with van der Waals surface area (Å²) in [5, 5.41) is 4.33. The maximum absolute atomic E-state index is 12.0. The molecular formula is C17H15N3O4S. The monoisotopic (exact) mass is 357 g/mol. The van der Waals surface area contributed by atoms with Gasteiger partial charge in [0.05, 0.1) is 5.52 Å². The summed E-state index contributed by atoms with van der Waals surface area (Å²) >= 11 is 1.30. The van der Waals surface area contributed by atoms with Crippen LogP contribution in [0.25, 0.3) is 10.2 Å². The number of nitrogens with zero attached hydrogens (tertiary/aromatic N) is 1. The summed E-state index contributed by atoms with van der Waals surface area (Å²) in [6, 6.07) is 9.47. The number of ether oxygens (including phenoxy) is 1. The van der Waals surface area contributed by atoms with Crippen molar-refractivity contribution in [2.24, 2.45) is 0 Å². The van der Waals surface area contributed by atoms with E-state index in [4.69, 9.17) is 4.74 Å². The van der Waals surface area contributed by atoms with E-state index in [0.717, 1.165) is 0 Å². The van der Waals surface area contributed by atoms with E-state index in [1.807, 2.05) is 0 Å². The van der Waals surface area contributed by atoms with Crippen molar-refractivity contribution in [2.75, 3.05) is 0 Å². The number of fused-ring (bicyclic) bond motifs is 1. The highest BCUT2D eigenvalue weighted by Crippen LogP contribution is 2.13. The molecule has 0 saturated heterocycles. The fraction of sp³-hybridized carbons (Fsp3) is 0.176. The molecule has 0 radical (unpaired) electrons. The Morgan fingerprint density at radius 1 is 1.28 bits per heavy atom. The van der Waals surface area contributed by atoms with Crippen LogP contribution < -0.4 is 10.9 Å². The van der Waals surface area contributed by atoms with Crippen LogP contribution in [0.15, 0.2) is 46.6 Å². The zero-order valence-corrected chi connectivity index (χ0v) is 14.1.